The van der Waals surface area contributed by atoms with Crippen LogP contribution in [0.3, 0.4) is 0 Å². The smallest absolute Gasteiger partial charge is 0.243 e. The lowest BCUT2D eigenvalue weighted by molar-refractivity contribution is -0.136. The Bertz CT molecular complexity index is 1480. The standard InChI is InChI=1S/C27H30N6O3/c1-4-15-11-18(34)6-8-19(15)16-5-7-20-21(12-16)31-32-23(20)25-29-13-22(30-25)17-9-10-33(14-17)26(35)24(28)27(2,3)36/h5-9,11-13,24,34,36H,4,10,14,28H2,1-3H3,(H,29,30)(H,31,32)/t24-/m1/s1. The largest absolute Gasteiger partial charge is 0.508 e. The molecule has 2 aromatic heterocycles. The number of hydrogen-bond donors (Lipinski definition) is 5. The number of phenols is 1. The number of benzene rings is 2. The van der Waals surface area contributed by atoms with Crippen molar-refractivity contribution in [3.63, 3.8) is 0 Å². The van der Waals surface area contributed by atoms with Crippen LogP contribution in [0.4, 0.5) is 0 Å². The fraction of sp³-hybridized carbons (Fsp3) is 0.296. The number of H-pyrrole nitrogens is 2. The molecule has 1 aliphatic heterocycles. The van der Waals surface area contributed by atoms with Crippen LogP contribution < -0.4 is 5.73 Å². The maximum Gasteiger partial charge on any atom is 0.243 e. The van der Waals surface area contributed by atoms with Crippen molar-refractivity contribution >= 4 is 22.4 Å². The molecule has 36 heavy (non-hydrogen) atoms. The molecule has 1 aliphatic rings. The monoisotopic (exact) mass is 486 g/mol. The number of hydrogen-bond acceptors (Lipinski definition) is 6. The molecule has 6 N–H and O–H groups in total. The number of aromatic nitrogens is 4. The molecule has 0 radical (unpaired) electrons. The van der Waals surface area contributed by atoms with Crippen molar-refractivity contribution in [1.82, 2.24) is 25.1 Å². The van der Waals surface area contributed by atoms with E-state index in [9.17, 15) is 15.0 Å². The highest BCUT2D eigenvalue weighted by Gasteiger charge is 2.34. The first-order valence-corrected chi connectivity index (χ1v) is 12.0. The average Bonchev–Trinajstić information content (AvgIpc) is 3.61. The van der Waals surface area contributed by atoms with Gasteiger partial charge in [-0.2, -0.15) is 5.10 Å². The van der Waals surface area contributed by atoms with Gasteiger partial charge in [-0.25, -0.2) is 4.98 Å². The van der Waals surface area contributed by atoms with Crippen molar-refractivity contribution in [2.24, 2.45) is 5.73 Å². The van der Waals surface area contributed by atoms with Crippen LogP contribution in [0, 0.1) is 0 Å². The van der Waals surface area contributed by atoms with Crippen LogP contribution in [-0.4, -0.2) is 65.9 Å². The summed E-state index contributed by atoms with van der Waals surface area (Å²) in [6, 6.07) is 10.6. The van der Waals surface area contributed by atoms with E-state index in [1.54, 1.807) is 23.2 Å². The summed E-state index contributed by atoms with van der Waals surface area (Å²) >= 11 is 0. The highest BCUT2D eigenvalue weighted by molar-refractivity contribution is 5.94. The van der Waals surface area contributed by atoms with Gasteiger partial charge in [-0.3, -0.25) is 9.89 Å². The number of fused-ring (bicyclic) bond motifs is 1. The number of amides is 1. The highest BCUT2D eigenvalue weighted by Crippen LogP contribution is 2.32. The van der Waals surface area contributed by atoms with Gasteiger partial charge in [-0.1, -0.05) is 25.1 Å². The summed E-state index contributed by atoms with van der Waals surface area (Å²) in [7, 11) is 0. The number of nitrogens with one attached hydrogen (secondary N) is 2. The molecule has 2 aromatic carbocycles. The molecule has 0 aliphatic carbocycles. The van der Waals surface area contributed by atoms with Crippen molar-refractivity contribution in [3.05, 3.63) is 59.9 Å². The van der Waals surface area contributed by atoms with Gasteiger partial charge in [0.1, 0.15) is 17.5 Å². The van der Waals surface area contributed by atoms with Crippen LogP contribution >= 0.6 is 0 Å². The zero-order valence-corrected chi connectivity index (χ0v) is 20.5. The number of imidazole rings is 1. The first kappa shape index (κ1) is 23.8. The normalized spacial score (nSPS) is 14.9. The summed E-state index contributed by atoms with van der Waals surface area (Å²) < 4.78 is 0. The Morgan fingerprint density at radius 2 is 2.06 bits per heavy atom. The second kappa shape index (κ2) is 8.92. The van der Waals surface area contributed by atoms with Gasteiger partial charge in [0.2, 0.25) is 5.91 Å². The van der Waals surface area contributed by atoms with Crippen LogP contribution in [0.2, 0.25) is 0 Å². The Morgan fingerprint density at radius 3 is 2.81 bits per heavy atom. The predicted molar refractivity (Wildman–Crippen MR) is 139 cm³/mol. The number of aromatic hydroxyl groups is 1. The zero-order chi connectivity index (χ0) is 25.6. The number of aryl methyl sites for hydroxylation is 1. The fourth-order valence-corrected chi connectivity index (χ4v) is 4.54. The number of nitrogens with two attached hydrogens (primary N) is 1. The Hall–Kier alpha value is -3.95. The summed E-state index contributed by atoms with van der Waals surface area (Å²) in [4.78, 5) is 22.1. The lowest BCUT2D eigenvalue weighted by Gasteiger charge is -2.28. The predicted octanol–water partition coefficient (Wildman–Crippen LogP) is 3.21. The van der Waals surface area contributed by atoms with Gasteiger partial charge >= 0.3 is 0 Å². The number of nitrogens with zero attached hydrogens (tertiary/aromatic N) is 3. The Kier molecular flexibility index (Phi) is 5.89. The van der Waals surface area contributed by atoms with Crippen LogP contribution in [0.1, 0.15) is 32.0 Å². The molecule has 0 spiro atoms. The van der Waals surface area contributed by atoms with Gasteiger partial charge < -0.3 is 25.8 Å². The van der Waals surface area contributed by atoms with Gasteiger partial charge in [0.15, 0.2) is 5.82 Å². The second-order valence-electron chi connectivity index (χ2n) is 9.75. The van der Waals surface area contributed by atoms with Crippen molar-refractivity contribution in [2.75, 3.05) is 13.1 Å². The van der Waals surface area contributed by atoms with Crippen molar-refractivity contribution in [1.29, 1.82) is 0 Å². The number of rotatable bonds is 6. The molecule has 0 bridgehead atoms. The first-order valence-electron chi connectivity index (χ1n) is 12.0. The van der Waals surface area contributed by atoms with Gasteiger partial charge in [-0.15, -0.1) is 0 Å². The van der Waals surface area contributed by atoms with Crippen LogP contribution in [0.15, 0.2) is 48.7 Å². The molecule has 5 rings (SSSR count). The third kappa shape index (κ3) is 4.27. The first-order chi connectivity index (χ1) is 17.2. The minimum absolute atomic E-state index is 0.263. The summed E-state index contributed by atoms with van der Waals surface area (Å²) in [5.41, 5.74) is 11.2. The van der Waals surface area contributed by atoms with E-state index in [0.717, 1.165) is 45.3 Å². The van der Waals surface area contributed by atoms with Gasteiger partial charge in [0, 0.05) is 18.5 Å². The molecular formula is C27H30N6O3. The van der Waals surface area contributed by atoms with Crippen LogP contribution in [-0.2, 0) is 11.2 Å². The van der Waals surface area contributed by atoms with E-state index in [1.807, 2.05) is 24.3 Å². The second-order valence-corrected chi connectivity index (χ2v) is 9.75. The highest BCUT2D eigenvalue weighted by atomic mass is 16.3. The molecule has 0 fully saturated rings. The van der Waals surface area contributed by atoms with Gasteiger partial charge in [-0.05, 0) is 66.8 Å². The van der Waals surface area contributed by atoms with Gasteiger partial charge in [0.05, 0.1) is 23.0 Å². The minimum Gasteiger partial charge on any atom is -0.508 e. The molecule has 186 valence electrons. The fourth-order valence-electron chi connectivity index (χ4n) is 4.54. The SMILES string of the molecule is CCc1cc(O)ccc1-c1ccc2c(-c3ncc(C4=CCN(C(=O)[C@@H](N)C(C)(C)O)C4)[nH]3)n[nH]c2c1. The third-order valence-electron chi connectivity index (χ3n) is 6.75. The molecule has 1 atom stereocenters. The maximum absolute atomic E-state index is 12.6. The summed E-state index contributed by atoms with van der Waals surface area (Å²) in [6.45, 7) is 5.95. The summed E-state index contributed by atoms with van der Waals surface area (Å²) in [5, 5.41) is 28.5. The summed E-state index contributed by atoms with van der Waals surface area (Å²) in [6.07, 6.45) is 4.52. The average molecular weight is 487 g/mol. The van der Waals surface area contributed by atoms with E-state index in [4.69, 9.17) is 5.73 Å². The molecule has 0 saturated heterocycles. The number of phenolic OH excluding ortho intramolecular Hbond substituents is 1. The van der Waals surface area contributed by atoms with Crippen molar-refractivity contribution < 1.29 is 15.0 Å². The molecule has 0 unspecified atom stereocenters. The molecule has 3 heterocycles. The Labute approximate surface area is 208 Å². The lowest BCUT2D eigenvalue weighted by Crippen LogP contribution is -2.54. The number of aliphatic hydroxyl groups is 1. The van der Waals surface area contributed by atoms with E-state index in [-0.39, 0.29) is 11.7 Å². The van der Waals surface area contributed by atoms with Gasteiger partial charge in [0.25, 0.3) is 0 Å². The van der Waals surface area contributed by atoms with E-state index >= 15 is 0 Å². The number of carbonyl (C=O) groups is 1. The molecule has 4 aromatic rings. The molecular weight excluding hydrogens is 456 g/mol. The quantitative estimate of drug-likeness (QED) is 0.283. The lowest BCUT2D eigenvalue weighted by atomic mass is 9.97. The molecule has 1 amide bonds. The maximum atomic E-state index is 12.6. The van der Waals surface area contributed by atoms with Crippen LogP contribution in [0.25, 0.3) is 39.1 Å². The molecule has 0 saturated carbocycles. The topological polar surface area (TPSA) is 144 Å². The molecule has 9 nitrogen and oxygen atoms in total. The minimum atomic E-state index is -1.29. The van der Waals surface area contributed by atoms with Crippen molar-refractivity contribution in [2.45, 2.75) is 38.8 Å². The van der Waals surface area contributed by atoms with E-state index < -0.39 is 11.6 Å². The third-order valence-corrected chi connectivity index (χ3v) is 6.75. The van der Waals surface area contributed by atoms with Crippen LogP contribution in [0.5, 0.6) is 5.75 Å². The van der Waals surface area contributed by atoms with Crippen molar-refractivity contribution in [3.8, 4) is 28.4 Å². The molecule has 9 heteroatoms. The number of aromatic amines is 2. The number of carbonyl (C=O) groups excluding carboxylic acids is 1. The van der Waals surface area contributed by atoms with E-state index in [0.29, 0.717) is 24.6 Å². The summed E-state index contributed by atoms with van der Waals surface area (Å²) in [5.74, 6) is 0.600. The van der Waals surface area contributed by atoms with E-state index in [2.05, 4.69) is 33.2 Å². The van der Waals surface area contributed by atoms with E-state index in [1.165, 1.54) is 13.8 Å². The Morgan fingerprint density at radius 1 is 1.25 bits per heavy atom. The Balaban J connectivity index is 1.37. The zero-order valence-electron chi connectivity index (χ0n) is 20.5.